The molecule has 2 aromatic rings. The zero-order valence-corrected chi connectivity index (χ0v) is 19.0. The fourth-order valence-electron chi connectivity index (χ4n) is 2.36. The molecule has 2 rings (SSSR count). The van der Waals surface area contributed by atoms with E-state index in [2.05, 4.69) is 20.1 Å². The molecule has 2 N–H and O–H groups in total. The summed E-state index contributed by atoms with van der Waals surface area (Å²) in [5.74, 6) is -1.60. The first-order valence-electron chi connectivity index (χ1n) is 8.70. The Morgan fingerprint density at radius 1 is 0.968 bits per heavy atom. The predicted octanol–water partition coefficient (Wildman–Crippen LogP) is 3.85. The molecule has 0 spiro atoms. The molecule has 0 radical (unpaired) electrons. The number of anilines is 1. The van der Waals surface area contributed by atoms with Crippen LogP contribution in [-0.4, -0.2) is 43.3 Å². The predicted molar refractivity (Wildman–Crippen MR) is 120 cm³/mol. The molecule has 0 saturated carbocycles. The second-order valence-corrected chi connectivity index (χ2v) is 7.31. The maximum atomic E-state index is 12.4. The third-order valence-corrected chi connectivity index (χ3v) is 4.57. The average Bonchev–Trinajstić information content (AvgIpc) is 2.73. The number of carbonyl (C=O) groups excluding carboxylic acids is 3. The monoisotopic (exact) mass is 484 g/mol. The first kappa shape index (κ1) is 24.4. The lowest BCUT2D eigenvalue weighted by Gasteiger charge is -2.17. The number of esters is 2. The fraction of sp³-hybridized carbons (Fsp3) is 0.200. The van der Waals surface area contributed by atoms with Gasteiger partial charge in [-0.1, -0.05) is 23.2 Å². The number of ether oxygens (including phenoxy) is 3. The zero-order chi connectivity index (χ0) is 23.1. The maximum Gasteiger partial charge on any atom is 0.337 e. The number of rotatable bonds is 6. The number of hydrogen-bond acceptors (Lipinski definition) is 7. The van der Waals surface area contributed by atoms with Crippen molar-refractivity contribution in [3.8, 4) is 5.75 Å². The van der Waals surface area contributed by atoms with Gasteiger partial charge in [0.1, 0.15) is 5.75 Å². The molecule has 0 heterocycles. The molecule has 0 aliphatic rings. The molecule has 1 atom stereocenters. The minimum atomic E-state index is -0.939. The standard InChI is InChI=1S/C20H18Cl2N2O6S/c1-10(30-16-5-4-13(21)9-15(16)22)17(25)24-20(31)23-14-7-11(18(26)28-2)6-12(8-14)19(27)29-3/h4-10H,1-3H3,(H2,23,24,25,31)/t10-/m0/s1. The Labute approximate surface area is 193 Å². The molecule has 31 heavy (non-hydrogen) atoms. The van der Waals surface area contributed by atoms with Crippen LogP contribution in [-0.2, 0) is 14.3 Å². The molecule has 0 unspecified atom stereocenters. The van der Waals surface area contributed by atoms with Crippen molar-refractivity contribution in [1.29, 1.82) is 0 Å². The van der Waals surface area contributed by atoms with Gasteiger partial charge in [-0.15, -0.1) is 0 Å². The summed E-state index contributed by atoms with van der Waals surface area (Å²) in [5, 5.41) is 5.79. The highest BCUT2D eigenvalue weighted by molar-refractivity contribution is 7.80. The third-order valence-electron chi connectivity index (χ3n) is 3.84. The normalized spacial score (nSPS) is 11.1. The van der Waals surface area contributed by atoms with Crippen molar-refractivity contribution in [2.24, 2.45) is 0 Å². The van der Waals surface area contributed by atoms with Crippen LogP contribution in [0.4, 0.5) is 5.69 Å². The Morgan fingerprint density at radius 3 is 2.06 bits per heavy atom. The van der Waals surface area contributed by atoms with Gasteiger partial charge in [-0.3, -0.25) is 10.1 Å². The van der Waals surface area contributed by atoms with Crippen LogP contribution in [0.25, 0.3) is 0 Å². The minimum Gasteiger partial charge on any atom is -0.479 e. The molecule has 0 bridgehead atoms. The fourth-order valence-corrected chi connectivity index (χ4v) is 3.03. The molecule has 11 heteroatoms. The van der Waals surface area contributed by atoms with E-state index in [0.717, 1.165) is 0 Å². The topological polar surface area (TPSA) is 103 Å². The van der Waals surface area contributed by atoms with Crippen molar-refractivity contribution < 1.29 is 28.6 Å². The number of halogens is 2. The van der Waals surface area contributed by atoms with Crippen LogP contribution < -0.4 is 15.4 Å². The SMILES string of the molecule is COC(=O)c1cc(NC(=S)NC(=O)[C@H](C)Oc2ccc(Cl)cc2Cl)cc(C(=O)OC)c1. The summed E-state index contributed by atoms with van der Waals surface area (Å²) in [7, 11) is 2.42. The summed E-state index contributed by atoms with van der Waals surface area (Å²) < 4.78 is 14.9. The van der Waals surface area contributed by atoms with Crippen molar-refractivity contribution in [3.63, 3.8) is 0 Å². The van der Waals surface area contributed by atoms with E-state index < -0.39 is 23.9 Å². The minimum absolute atomic E-state index is 0.0829. The Balaban J connectivity index is 2.09. The molecule has 0 fully saturated rings. The second kappa shape index (κ2) is 10.9. The van der Waals surface area contributed by atoms with Crippen molar-refractivity contribution >= 4 is 64.1 Å². The first-order chi connectivity index (χ1) is 14.6. The van der Waals surface area contributed by atoms with Crippen LogP contribution in [0.2, 0.25) is 10.0 Å². The van der Waals surface area contributed by atoms with Crippen molar-refractivity contribution in [1.82, 2.24) is 5.32 Å². The smallest absolute Gasteiger partial charge is 0.337 e. The van der Waals surface area contributed by atoms with E-state index in [1.54, 1.807) is 6.07 Å². The van der Waals surface area contributed by atoms with E-state index in [9.17, 15) is 14.4 Å². The largest absolute Gasteiger partial charge is 0.479 e. The van der Waals surface area contributed by atoms with Crippen LogP contribution in [0, 0.1) is 0 Å². The second-order valence-electron chi connectivity index (χ2n) is 6.06. The Bertz CT molecular complexity index is 996. The molecule has 8 nitrogen and oxygen atoms in total. The zero-order valence-electron chi connectivity index (χ0n) is 16.7. The summed E-state index contributed by atoms with van der Waals surface area (Å²) in [6.45, 7) is 1.51. The molecule has 0 aliphatic heterocycles. The number of nitrogens with one attached hydrogen (secondary N) is 2. The van der Waals surface area contributed by atoms with E-state index in [1.807, 2.05) is 0 Å². The van der Waals surface area contributed by atoms with Gasteiger partial charge in [-0.25, -0.2) is 9.59 Å². The van der Waals surface area contributed by atoms with Crippen LogP contribution in [0.1, 0.15) is 27.6 Å². The summed E-state index contributed by atoms with van der Waals surface area (Å²) in [6.07, 6.45) is -0.939. The molecule has 164 valence electrons. The van der Waals surface area contributed by atoms with Gasteiger partial charge in [0.15, 0.2) is 11.2 Å². The number of thiocarbonyl (C=S) groups is 1. The lowest BCUT2D eigenvalue weighted by molar-refractivity contribution is -0.125. The number of amides is 1. The van der Waals surface area contributed by atoms with E-state index in [1.165, 1.54) is 51.5 Å². The van der Waals surface area contributed by atoms with Gasteiger partial charge in [-0.2, -0.15) is 0 Å². The van der Waals surface area contributed by atoms with E-state index in [4.69, 9.17) is 40.2 Å². The Morgan fingerprint density at radius 2 is 1.55 bits per heavy atom. The average molecular weight is 485 g/mol. The van der Waals surface area contributed by atoms with Gasteiger partial charge in [-0.05, 0) is 55.5 Å². The summed E-state index contributed by atoms with van der Waals surface area (Å²) in [5.41, 5.74) is 0.454. The number of carbonyl (C=O) groups is 3. The highest BCUT2D eigenvalue weighted by Gasteiger charge is 2.19. The van der Waals surface area contributed by atoms with E-state index in [0.29, 0.717) is 5.02 Å². The number of hydrogen-bond donors (Lipinski definition) is 2. The molecule has 2 aromatic carbocycles. The van der Waals surface area contributed by atoms with Gasteiger partial charge in [0.2, 0.25) is 0 Å². The van der Waals surface area contributed by atoms with Gasteiger partial charge >= 0.3 is 11.9 Å². The quantitative estimate of drug-likeness (QED) is 0.470. The van der Waals surface area contributed by atoms with Crippen molar-refractivity contribution in [3.05, 3.63) is 57.6 Å². The molecule has 0 aliphatic carbocycles. The molecule has 0 aromatic heterocycles. The lowest BCUT2D eigenvalue weighted by atomic mass is 10.1. The highest BCUT2D eigenvalue weighted by Crippen LogP contribution is 2.28. The number of methoxy groups -OCH3 is 2. The van der Waals surface area contributed by atoms with Crippen LogP contribution >= 0.6 is 35.4 Å². The van der Waals surface area contributed by atoms with Crippen LogP contribution in [0.3, 0.4) is 0 Å². The maximum absolute atomic E-state index is 12.4. The molecule has 1 amide bonds. The molecular weight excluding hydrogens is 467 g/mol. The summed E-state index contributed by atoms with van der Waals surface area (Å²) in [4.78, 5) is 36.1. The van der Waals surface area contributed by atoms with E-state index >= 15 is 0 Å². The van der Waals surface area contributed by atoms with Gasteiger partial charge < -0.3 is 19.5 Å². The van der Waals surface area contributed by atoms with Crippen LogP contribution in [0.5, 0.6) is 5.75 Å². The Hall–Kier alpha value is -2.88. The lowest BCUT2D eigenvalue weighted by Crippen LogP contribution is -2.42. The van der Waals surface area contributed by atoms with Crippen molar-refractivity contribution in [2.45, 2.75) is 13.0 Å². The van der Waals surface area contributed by atoms with Gasteiger partial charge in [0.25, 0.3) is 5.91 Å². The van der Waals surface area contributed by atoms with Gasteiger partial charge in [0.05, 0.1) is 30.4 Å². The highest BCUT2D eigenvalue weighted by atomic mass is 35.5. The molecule has 0 saturated heterocycles. The number of benzene rings is 2. The third kappa shape index (κ3) is 6.81. The van der Waals surface area contributed by atoms with Crippen LogP contribution in [0.15, 0.2) is 36.4 Å². The summed E-state index contributed by atoms with van der Waals surface area (Å²) in [6, 6.07) is 8.73. The summed E-state index contributed by atoms with van der Waals surface area (Å²) >= 11 is 17.0. The molecular formula is C20H18Cl2N2O6S. The van der Waals surface area contributed by atoms with Gasteiger partial charge in [0, 0.05) is 10.7 Å². The first-order valence-corrected chi connectivity index (χ1v) is 9.86. The Kier molecular flexibility index (Phi) is 8.61. The van der Waals surface area contributed by atoms with E-state index in [-0.39, 0.29) is 32.7 Å². The van der Waals surface area contributed by atoms with Crippen molar-refractivity contribution in [2.75, 3.05) is 19.5 Å².